The number of rotatable bonds is 3. The second-order valence-corrected chi connectivity index (χ2v) is 5.41. The first-order chi connectivity index (χ1) is 11.7. The van der Waals surface area contributed by atoms with Gasteiger partial charge in [0, 0.05) is 6.20 Å². The Balaban J connectivity index is 2.22. The zero-order valence-electron chi connectivity index (χ0n) is 12.1. The summed E-state index contributed by atoms with van der Waals surface area (Å²) in [4.78, 5) is 27.0. The third kappa shape index (κ3) is 3.00. The highest BCUT2D eigenvalue weighted by Gasteiger charge is 2.35. The molecule has 0 bridgehead atoms. The van der Waals surface area contributed by atoms with Crippen LogP contribution in [0.1, 0.15) is 21.7 Å². The van der Waals surface area contributed by atoms with E-state index in [2.05, 4.69) is 10.1 Å². The van der Waals surface area contributed by atoms with Gasteiger partial charge >= 0.3 is 11.9 Å². The van der Waals surface area contributed by atoms with Crippen LogP contribution in [0.4, 0.5) is 17.6 Å². The van der Waals surface area contributed by atoms with E-state index < -0.39 is 35.4 Å². The average Bonchev–Trinajstić information content (AvgIpc) is 2.85. The maximum Gasteiger partial charge on any atom is 0.420 e. The quantitative estimate of drug-likeness (QED) is 0.522. The topological polar surface area (TPSA) is 69.3 Å². The van der Waals surface area contributed by atoms with Gasteiger partial charge in [-0.05, 0) is 18.2 Å². The fraction of sp³-hybridized carbons (Fsp3) is 0.143. The van der Waals surface area contributed by atoms with Crippen LogP contribution in [0.25, 0.3) is 5.65 Å². The molecule has 0 radical (unpaired) electrons. The lowest BCUT2D eigenvalue weighted by Crippen LogP contribution is -2.24. The number of fused-ring (bicyclic) bond motifs is 1. The van der Waals surface area contributed by atoms with E-state index in [4.69, 9.17) is 11.6 Å². The Bertz CT molecular complexity index is 1040. The van der Waals surface area contributed by atoms with Gasteiger partial charge in [0.25, 0.3) is 0 Å². The number of carbonyl (C=O) groups is 1. The third-order valence-corrected chi connectivity index (χ3v) is 3.58. The van der Waals surface area contributed by atoms with Gasteiger partial charge in [-0.2, -0.15) is 13.2 Å². The van der Waals surface area contributed by atoms with E-state index in [1.54, 1.807) is 0 Å². The molecule has 0 fully saturated rings. The van der Waals surface area contributed by atoms with Crippen molar-refractivity contribution in [3.63, 3.8) is 0 Å². The Labute approximate surface area is 141 Å². The summed E-state index contributed by atoms with van der Waals surface area (Å²) < 4.78 is 54.2. The highest BCUT2D eigenvalue weighted by atomic mass is 35.5. The van der Waals surface area contributed by atoms with Crippen molar-refractivity contribution in [1.29, 1.82) is 0 Å². The lowest BCUT2D eigenvalue weighted by Gasteiger charge is -2.07. The Morgan fingerprint density at radius 2 is 2.00 bits per heavy atom. The van der Waals surface area contributed by atoms with E-state index in [9.17, 15) is 27.2 Å². The molecule has 6 nitrogen and oxygen atoms in total. The summed E-state index contributed by atoms with van der Waals surface area (Å²) in [5.74, 6) is -0.844. The third-order valence-electron chi connectivity index (χ3n) is 3.37. The number of aromatic nitrogens is 4. The van der Waals surface area contributed by atoms with Gasteiger partial charge < -0.3 is 0 Å². The van der Waals surface area contributed by atoms with Gasteiger partial charge in [-0.25, -0.2) is 18.3 Å². The van der Waals surface area contributed by atoms with E-state index in [0.29, 0.717) is 15.1 Å². The maximum atomic E-state index is 13.8. The average molecular weight is 375 g/mol. The summed E-state index contributed by atoms with van der Waals surface area (Å²) >= 11 is 5.57. The standard InChI is InChI=1S/C14H7ClF4N4O2/c15-7-3-10(16)11(20-4-7)5-22-13(25)23-8(6-24)1-2-9(12(23)21-22)14(17,18)19/h1-4,6H,5H2. The first-order valence-electron chi connectivity index (χ1n) is 6.67. The Kier molecular flexibility index (Phi) is 4.07. The monoisotopic (exact) mass is 374 g/mol. The van der Waals surface area contributed by atoms with Crippen LogP contribution in [0.5, 0.6) is 0 Å². The van der Waals surface area contributed by atoms with E-state index in [-0.39, 0.29) is 22.7 Å². The van der Waals surface area contributed by atoms with Crippen molar-refractivity contribution < 1.29 is 22.4 Å². The van der Waals surface area contributed by atoms with Gasteiger partial charge in [-0.1, -0.05) is 11.6 Å². The van der Waals surface area contributed by atoms with Crippen LogP contribution in [0.2, 0.25) is 5.02 Å². The van der Waals surface area contributed by atoms with E-state index in [1.165, 1.54) is 0 Å². The van der Waals surface area contributed by atoms with Gasteiger partial charge in [0.1, 0.15) is 11.4 Å². The number of nitrogens with zero attached hydrogens (tertiary/aromatic N) is 4. The fourth-order valence-corrected chi connectivity index (χ4v) is 2.39. The molecule has 0 spiro atoms. The molecule has 0 atom stereocenters. The molecule has 0 N–H and O–H groups in total. The predicted molar refractivity (Wildman–Crippen MR) is 78.1 cm³/mol. The molecule has 0 unspecified atom stereocenters. The highest BCUT2D eigenvalue weighted by Crippen LogP contribution is 2.31. The number of alkyl halides is 3. The summed E-state index contributed by atoms with van der Waals surface area (Å²) in [5.41, 5.74) is -3.53. The highest BCUT2D eigenvalue weighted by molar-refractivity contribution is 6.30. The summed E-state index contributed by atoms with van der Waals surface area (Å²) in [7, 11) is 0. The normalized spacial score (nSPS) is 11.9. The molecule has 0 aliphatic rings. The Morgan fingerprint density at radius 3 is 2.60 bits per heavy atom. The van der Waals surface area contributed by atoms with Crippen molar-refractivity contribution in [3.05, 3.63) is 62.7 Å². The number of hydrogen-bond donors (Lipinski definition) is 0. The summed E-state index contributed by atoms with van der Waals surface area (Å²) in [6, 6.07) is 2.46. The SMILES string of the molecule is O=Cc1ccc(C(F)(F)F)c2nn(Cc3ncc(Cl)cc3F)c(=O)n12. The molecular weight excluding hydrogens is 368 g/mol. The fourth-order valence-electron chi connectivity index (χ4n) is 2.25. The van der Waals surface area contributed by atoms with E-state index >= 15 is 0 Å². The van der Waals surface area contributed by atoms with Crippen LogP contribution in [0.3, 0.4) is 0 Å². The van der Waals surface area contributed by atoms with Crippen molar-refractivity contribution in [1.82, 2.24) is 19.2 Å². The molecule has 0 saturated heterocycles. The molecule has 0 aliphatic carbocycles. The molecule has 0 aliphatic heterocycles. The van der Waals surface area contributed by atoms with Crippen LogP contribution in [0.15, 0.2) is 29.2 Å². The molecule has 25 heavy (non-hydrogen) atoms. The van der Waals surface area contributed by atoms with Crippen LogP contribution >= 0.6 is 11.6 Å². The van der Waals surface area contributed by atoms with Gasteiger partial charge in [-0.3, -0.25) is 9.78 Å². The number of hydrogen-bond acceptors (Lipinski definition) is 4. The van der Waals surface area contributed by atoms with Crippen molar-refractivity contribution in [2.45, 2.75) is 12.7 Å². The zero-order chi connectivity index (χ0) is 18.4. The second-order valence-electron chi connectivity index (χ2n) is 4.97. The van der Waals surface area contributed by atoms with Gasteiger partial charge in [-0.15, -0.1) is 5.10 Å². The molecule has 0 amide bonds. The van der Waals surface area contributed by atoms with Gasteiger partial charge in [0.2, 0.25) is 0 Å². The first-order valence-corrected chi connectivity index (χ1v) is 7.05. The first kappa shape index (κ1) is 17.1. The van der Waals surface area contributed by atoms with Gasteiger partial charge in [0.05, 0.1) is 23.0 Å². The molecular formula is C14H7ClF4N4O2. The number of halogens is 5. The lowest BCUT2D eigenvalue weighted by molar-refractivity contribution is -0.136. The number of pyridine rings is 2. The second kappa shape index (κ2) is 5.96. The molecule has 0 aromatic carbocycles. The van der Waals surface area contributed by atoms with Crippen LogP contribution in [-0.2, 0) is 12.7 Å². The minimum absolute atomic E-state index is 0.0196. The molecule has 130 valence electrons. The van der Waals surface area contributed by atoms with Crippen molar-refractivity contribution in [2.24, 2.45) is 0 Å². The lowest BCUT2D eigenvalue weighted by atomic mass is 10.2. The van der Waals surface area contributed by atoms with Crippen molar-refractivity contribution in [2.75, 3.05) is 0 Å². The van der Waals surface area contributed by atoms with Gasteiger partial charge in [0.15, 0.2) is 11.9 Å². The molecule has 3 aromatic heterocycles. The molecule has 3 rings (SSSR count). The number of aldehydes is 1. The summed E-state index contributed by atoms with van der Waals surface area (Å²) in [5, 5.41) is 3.61. The van der Waals surface area contributed by atoms with Crippen LogP contribution in [-0.4, -0.2) is 25.5 Å². The Hall–Kier alpha value is -2.75. The molecule has 3 aromatic rings. The zero-order valence-corrected chi connectivity index (χ0v) is 12.8. The van der Waals surface area contributed by atoms with Crippen LogP contribution < -0.4 is 5.69 Å². The minimum atomic E-state index is -4.79. The van der Waals surface area contributed by atoms with Crippen molar-refractivity contribution >= 4 is 23.5 Å². The predicted octanol–water partition coefficient (Wildman–Crippen LogP) is 2.56. The molecule has 0 saturated carbocycles. The molecule has 3 heterocycles. The Morgan fingerprint density at radius 1 is 1.28 bits per heavy atom. The number of carbonyl (C=O) groups excluding carboxylic acids is 1. The van der Waals surface area contributed by atoms with Crippen molar-refractivity contribution in [3.8, 4) is 0 Å². The summed E-state index contributed by atoms with van der Waals surface area (Å²) in [6.45, 7) is -0.529. The minimum Gasteiger partial charge on any atom is -0.296 e. The summed E-state index contributed by atoms with van der Waals surface area (Å²) in [6.07, 6.45) is -3.44. The smallest absolute Gasteiger partial charge is 0.296 e. The van der Waals surface area contributed by atoms with E-state index in [1.807, 2.05) is 0 Å². The largest absolute Gasteiger partial charge is 0.420 e. The molecule has 11 heteroatoms. The maximum absolute atomic E-state index is 13.8. The van der Waals surface area contributed by atoms with E-state index in [0.717, 1.165) is 18.3 Å². The van der Waals surface area contributed by atoms with Crippen LogP contribution in [0, 0.1) is 5.82 Å².